The average Bonchev–Trinajstić information content (AvgIpc) is 2.66. The van der Waals surface area contributed by atoms with E-state index in [4.69, 9.17) is 0 Å². The summed E-state index contributed by atoms with van der Waals surface area (Å²) in [5.41, 5.74) is 2.05. The number of rotatable bonds is 2. The molecule has 1 nitrogen and oxygen atoms in total. The molecule has 0 aromatic heterocycles. The number of hydrogen-bond acceptors (Lipinski definition) is 2. The van der Waals surface area contributed by atoms with Crippen LogP contribution in [-0.2, 0) is 6.42 Å². The van der Waals surface area contributed by atoms with E-state index in [1.54, 1.807) is 5.56 Å². The Balaban J connectivity index is 1.53. The molecular formula is C19H29NS. The van der Waals surface area contributed by atoms with Crippen LogP contribution >= 0.6 is 11.8 Å². The highest BCUT2D eigenvalue weighted by Crippen LogP contribution is 2.38. The van der Waals surface area contributed by atoms with E-state index in [9.17, 15) is 0 Å². The molecule has 1 saturated heterocycles. The first-order chi connectivity index (χ1) is 10.0. The number of thioether (sulfide) groups is 1. The minimum atomic E-state index is 0.481. The van der Waals surface area contributed by atoms with Gasteiger partial charge in [-0.3, -0.25) is 0 Å². The molecule has 0 radical (unpaired) electrons. The van der Waals surface area contributed by atoms with Gasteiger partial charge < -0.3 is 4.90 Å². The molecule has 2 aliphatic rings. The molecule has 1 aromatic carbocycles. The van der Waals surface area contributed by atoms with Crippen LogP contribution in [0.4, 0.5) is 0 Å². The van der Waals surface area contributed by atoms with E-state index in [0.29, 0.717) is 5.41 Å². The first kappa shape index (κ1) is 15.4. The summed E-state index contributed by atoms with van der Waals surface area (Å²) in [6.07, 6.45) is 5.44. The van der Waals surface area contributed by atoms with Crippen molar-refractivity contribution in [3.63, 3.8) is 0 Å². The largest absolute Gasteiger partial charge is 0.302 e. The summed E-state index contributed by atoms with van der Waals surface area (Å²) in [4.78, 5) is 4.25. The van der Waals surface area contributed by atoms with Crippen LogP contribution in [0.25, 0.3) is 0 Å². The summed E-state index contributed by atoms with van der Waals surface area (Å²) in [6.45, 7) is 11.1. The van der Waals surface area contributed by atoms with Crippen LogP contribution in [0.2, 0.25) is 0 Å². The summed E-state index contributed by atoms with van der Waals surface area (Å²) in [6, 6.07) is 8.95. The van der Waals surface area contributed by atoms with Crippen LogP contribution in [0.5, 0.6) is 0 Å². The molecule has 0 spiro atoms. The molecule has 0 amide bonds. The maximum Gasteiger partial charge on any atom is 0.0263 e. The average molecular weight is 304 g/mol. The predicted molar refractivity (Wildman–Crippen MR) is 93.0 cm³/mol. The van der Waals surface area contributed by atoms with E-state index in [1.165, 1.54) is 50.2 Å². The third-order valence-electron chi connectivity index (χ3n) is 5.22. The van der Waals surface area contributed by atoms with E-state index >= 15 is 0 Å². The van der Waals surface area contributed by atoms with Gasteiger partial charge in [0, 0.05) is 16.7 Å². The molecule has 21 heavy (non-hydrogen) atoms. The second kappa shape index (κ2) is 6.34. The molecule has 0 bridgehead atoms. The SMILES string of the molecule is CC(C)(C)C1CCCN(CC2Cc3ccccc3S2)CC1. The fourth-order valence-electron chi connectivity index (χ4n) is 3.85. The Morgan fingerprint density at radius 2 is 1.95 bits per heavy atom. The van der Waals surface area contributed by atoms with Crippen molar-refractivity contribution in [3.05, 3.63) is 29.8 Å². The highest BCUT2D eigenvalue weighted by atomic mass is 32.2. The van der Waals surface area contributed by atoms with Crippen LogP contribution in [-0.4, -0.2) is 29.8 Å². The highest BCUT2D eigenvalue weighted by Gasteiger charge is 2.29. The van der Waals surface area contributed by atoms with Gasteiger partial charge in [0.2, 0.25) is 0 Å². The zero-order valence-corrected chi connectivity index (χ0v) is 14.6. The fraction of sp³-hybridized carbons (Fsp3) is 0.684. The van der Waals surface area contributed by atoms with Crippen molar-refractivity contribution in [2.24, 2.45) is 11.3 Å². The zero-order chi connectivity index (χ0) is 14.9. The standard InChI is InChI=1S/C19H29NS/c1-19(2,3)16-8-6-11-20(12-10-16)14-17-13-15-7-4-5-9-18(15)21-17/h4-5,7,9,16-17H,6,8,10-14H2,1-3H3. The Bertz CT molecular complexity index is 452. The smallest absolute Gasteiger partial charge is 0.0263 e. The lowest BCUT2D eigenvalue weighted by atomic mass is 9.77. The first-order valence-electron chi connectivity index (χ1n) is 8.49. The van der Waals surface area contributed by atoms with Gasteiger partial charge in [0.05, 0.1) is 0 Å². The van der Waals surface area contributed by atoms with Crippen molar-refractivity contribution < 1.29 is 0 Å². The molecule has 1 fully saturated rings. The van der Waals surface area contributed by atoms with Crippen LogP contribution in [0.1, 0.15) is 45.6 Å². The molecule has 0 N–H and O–H groups in total. The zero-order valence-electron chi connectivity index (χ0n) is 13.8. The molecule has 2 unspecified atom stereocenters. The molecule has 0 saturated carbocycles. The molecule has 2 atom stereocenters. The summed E-state index contributed by atoms with van der Waals surface area (Å²) < 4.78 is 0. The molecule has 2 heterocycles. The summed E-state index contributed by atoms with van der Waals surface area (Å²) in [5.74, 6) is 0.899. The van der Waals surface area contributed by atoms with Gasteiger partial charge in [-0.25, -0.2) is 0 Å². The van der Waals surface area contributed by atoms with Crippen LogP contribution < -0.4 is 0 Å². The summed E-state index contributed by atoms with van der Waals surface area (Å²) in [7, 11) is 0. The van der Waals surface area contributed by atoms with Gasteiger partial charge in [0.25, 0.3) is 0 Å². The van der Waals surface area contributed by atoms with Gasteiger partial charge in [0.15, 0.2) is 0 Å². The van der Waals surface area contributed by atoms with Crippen molar-refractivity contribution >= 4 is 11.8 Å². The van der Waals surface area contributed by atoms with E-state index in [-0.39, 0.29) is 0 Å². The molecule has 0 aliphatic carbocycles. The van der Waals surface area contributed by atoms with Crippen molar-refractivity contribution in [2.75, 3.05) is 19.6 Å². The minimum Gasteiger partial charge on any atom is -0.302 e. The van der Waals surface area contributed by atoms with Crippen LogP contribution in [0.15, 0.2) is 29.2 Å². The molecule has 116 valence electrons. The third kappa shape index (κ3) is 3.84. The Hall–Kier alpha value is -0.470. The summed E-state index contributed by atoms with van der Waals surface area (Å²) >= 11 is 2.10. The molecule has 3 rings (SSSR count). The van der Waals surface area contributed by atoms with Gasteiger partial charge in [-0.2, -0.15) is 0 Å². The van der Waals surface area contributed by atoms with Crippen LogP contribution in [0, 0.1) is 11.3 Å². The summed E-state index contributed by atoms with van der Waals surface area (Å²) in [5, 5.41) is 0.772. The van der Waals surface area contributed by atoms with Gasteiger partial charge in [0.1, 0.15) is 0 Å². The third-order valence-corrected chi connectivity index (χ3v) is 6.52. The normalized spacial score (nSPS) is 27.4. The van der Waals surface area contributed by atoms with Crippen molar-refractivity contribution in [2.45, 2.75) is 56.6 Å². The first-order valence-corrected chi connectivity index (χ1v) is 9.37. The minimum absolute atomic E-state index is 0.481. The number of fused-ring (bicyclic) bond motifs is 1. The number of benzene rings is 1. The molecule has 2 aliphatic heterocycles. The maximum absolute atomic E-state index is 2.73. The Kier molecular flexibility index (Phi) is 4.66. The lowest BCUT2D eigenvalue weighted by Gasteiger charge is -2.30. The van der Waals surface area contributed by atoms with E-state index in [1.807, 2.05) is 0 Å². The maximum atomic E-state index is 2.73. The quantitative estimate of drug-likeness (QED) is 0.768. The number of nitrogens with zero attached hydrogens (tertiary/aromatic N) is 1. The van der Waals surface area contributed by atoms with Crippen molar-refractivity contribution in [1.82, 2.24) is 4.90 Å². The van der Waals surface area contributed by atoms with Gasteiger partial charge >= 0.3 is 0 Å². The van der Waals surface area contributed by atoms with Crippen molar-refractivity contribution in [3.8, 4) is 0 Å². The van der Waals surface area contributed by atoms with Crippen molar-refractivity contribution in [1.29, 1.82) is 0 Å². The predicted octanol–water partition coefficient (Wildman–Crippen LogP) is 4.85. The van der Waals surface area contributed by atoms with Gasteiger partial charge in [-0.15, -0.1) is 11.8 Å². The van der Waals surface area contributed by atoms with E-state index < -0.39 is 0 Å². The topological polar surface area (TPSA) is 3.24 Å². The fourth-order valence-corrected chi connectivity index (χ4v) is 5.22. The second-order valence-electron chi connectivity index (χ2n) is 7.85. The molecule has 1 aromatic rings. The second-order valence-corrected chi connectivity index (χ2v) is 9.19. The Morgan fingerprint density at radius 3 is 2.71 bits per heavy atom. The molecule has 2 heteroatoms. The Labute approximate surface area is 134 Å². The monoisotopic (exact) mass is 303 g/mol. The Morgan fingerprint density at radius 1 is 1.14 bits per heavy atom. The lowest BCUT2D eigenvalue weighted by molar-refractivity contribution is 0.208. The lowest BCUT2D eigenvalue weighted by Crippen LogP contribution is -2.32. The number of hydrogen-bond donors (Lipinski definition) is 0. The highest BCUT2D eigenvalue weighted by molar-refractivity contribution is 8.00. The van der Waals surface area contributed by atoms with E-state index in [0.717, 1.165) is 11.2 Å². The number of likely N-dealkylation sites (tertiary alicyclic amines) is 1. The van der Waals surface area contributed by atoms with Crippen LogP contribution in [0.3, 0.4) is 0 Å². The molecular weight excluding hydrogens is 274 g/mol. The van der Waals surface area contributed by atoms with Gasteiger partial charge in [-0.05, 0) is 61.7 Å². The van der Waals surface area contributed by atoms with Gasteiger partial charge in [-0.1, -0.05) is 39.0 Å². The van der Waals surface area contributed by atoms with E-state index in [2.05, 4.69) is 61.7 Å².